The zero-order chi connectivity index (χ0) is 15.0. The van der Waals surface area contributed by atoms with Gasteiger partial charge in [0.2, 0.25) is 0 Å². The quantitative estimate of drug-likeness (QED) is 0.676. The molecule has 1 saturated heterocycles. The van der Waals surface area contributed by atoms with Crippen LogP contribution in [0.25, 0.3) is 10.8 Å². The zero-order valence-electron chi connectivity index (χ0n) is 11.9. The van der Waals surface area contributed by atoms with Crippen molar-refractivity contribution < 1.29 is 4.92 Å². The molecule has 2 heterocycles. The lowest BCUT2D eigenvalue weighted by Gasteiger charge is -2.37. The van der Waals surface area contributed by atoms with Gasteiger partial charge in [0.15, 0.2) is 0 Å². The summed E-state index contributed by atoms with van der Waals surface area (Å²) in [7, 11) is 0. The van der Waals surface area contributed by atoms with Crippen molar-refractivity contribution in [3.63, 3.8) is 0 Å². The predicted molar refractivity (Wildman–Crippen MR) is 82.4 cm³/mol. The fraction of sp³-hybridized carbons (Fsp3) is 0.400. The summed E-state index contributed by atoms with van der Waals surface area (Å²) in [5, 5.41) is 12.6. The van der Waals surface area contributed by atoms with Crippen molar-refractivity contribution >= 4 is 22.1 Å². The second-order valence-corrected chi connectivity index (χ2v) is 5.79. The van der Waals surface area contributed by atoms with E-state index in [2.05, 4.69) is 16.8 Å². The highest BCUT2D eigenvalue weighted by Crippen LogP contribution is 2.34. The second kappa shape index (κ2) is 5.29. The summed E-state index contributed by atoms with van der Waals surface area (Å²) >= 11 is 0. The lowest BCUT2D eigenvalue weighted by Crippen LogP contribution is -2.46. The molecule has 0 radical (unpaired) electrons. The Bertz CT molecular complexity index is 678. The van der Waals surface area contributed by atoms with Crippen LogP contribution >= 0.6 is 0 Å². The van der Waals surface area contributed by atoms with Crippen LogP contribution in [0.2, 0.25) is 0 Å². The number of pyridine rings is 1. The van der Waals surface area contributed by atoms with Gasteiger partial charge < -0.3 is 10.6 Å². The maximum Gasteiger partial charge on any atom is 0.278 e. The highest BCUT2D eigenvalue weighted by Gasteiger charge is 2.25. The maximum absolute atomic E-state index is 11.2. The molecule has 1 aliphatic heterocycles. The lowest BCUT2D eigenvalue weighted by atomic mass is 9.95. The smallest absolute Gasteiger partial charge is 0.278 e. The number of benzene rings is 1. The van der Waals surface area contributed by atoms with Gasteiger partial charge in [-0.05, 0) is 24.5 Å². The topological polar surface area (TPSA) is 85.3 Å². The number of nitro benzene ring substituents is 1. The fourth-order valence-corrected chi connectivity index (χ4v) is 3.19. The molecule has 21 heavy (non-hydrogen) atoms. The highest BCUT2D eigenvalue weighted by molar-refractivity contribution is 5.99. The summed E-state index contributed by atoms with van der Waals surface area (Å²) in [6, 6.07) is 5.36. The molecule has 1 aliphatic rings. The molecule has 6 heteroatoms. The molecule has 0 aliphatic carbocycles. The molecule has 6 nitrogen and oxygen atoms in total. The Balaban J connectivity index is 2.11. The predicted octanol–water partition coefficient (Wildman–Crippen LogP) is 2.32. The lowest BCUT2D eigenvalue weighted by molar-refractivity contribution is -0.383. The summed E-state index contributed by atoms with van der Waals surface area (Å²) in [6.45, 7) is 3.88. The SMILES string of the molecule is CC1CC(N)CN(c2ccc([N+](=O)[O-])c3cnccc23)C1. The summed E-state index contributed by atoms with van der Waals surface area (Å²) in [5.74, 6) is 0.515. The minimum absolute atomic E-state index is 0.0937. The molecule has 2 unspecified atom stereocenters. The molecule has 3 rings (SSSR count). The van der Waals surface area contributed by atoms with Crippen molar-refractivity contribution in [2.75, 3.05) is 18.0 Å². The molecule has 0 spiro atoms. The van der Waals surface area contributed by atoms with Crippen molar-refractivity contribution in [1.29, 1.82) is 0 Å². The van der Waals surface area contributed by atoms with Gasteiger partial charge >= 0.3 is 0 Å². The monoisotopic (exact) mass is 286 g/mol. The van der Waals surface area contributed by atoms with Crippen LogP contribution in [-0.2, 0) is 0 Å². The average Bonchev–Trinajstić information content (AvgIpc) is 2.44. The van der Waals surface area contributed by atoms with Crippen LogP contribution in [0.1, 0.15) is 13.3 Å². The molecule has 1 fully saturated rings. The van der Waals surface area contributed by atoms with Gasteiger partial charge in [-0.3, -0.25) is 15.1 Å². The first-order valence-corrected chi connectivity index (χ1v) is 7.08. The Labute approximate surface area is 122 Å². The number of rotatable bonds is 2. The van der Waals surface area contributed by atoms with Crippen molar-refractivity contribution in [3.05, 3.63) is 40.7 Å². The van der Waals surface area contributed by atoms with E-state index in [1.807, 2.05) is 12.1 Å². The average molecular weight is 286 g/mol. The Kier molecular flexibility index (Phi) is 3.47. The molecule has 2 atom stereocenters. The summed E-state index contributed by atoms with van der Waals surface area (Å²) in [5.41, 5.74) is 7.21. The number of nitrogens with zero attached hydrogens (tertiary/aromatic N) is 3. The van der Waals surface area contributed by atoms with E-state index < -0.39 is 0 Å². The van der Waals surface area contributed by atoms with Crippen molar-refractivity contribution in [2.45, 2.75) is 19.4 Å². The molecular weight excluding hydrogens is 268 g/mol. The zero-order valence-corrected chi connectivity index (χ0v) is 11.9. The van der Waals surface area contributed by atoms with Crippen LogP contribution < -0.4 is 10.6 Å². The Morgan fingerprint density at radius 1 is 1.33 bits per heavy atom. The Hall–Kier alpha value is -2.21. The first-order chi connectivity index (χ1) is 10.1. The molecular formula is C15H18N4O2. The van der Waals surface area contributed by atoms with Gasteiger partial charge in [0.1, 0.15) is 0 Å². The molecule has 2 aromatic rings. The third kappa shape index (κ3) is 2.54. The number of fused-ring (bicyclic) bond motifs is 1. The van der Waals surface area contributed by atoms with Gasteiger partial charge in [-0.1, -0.05) is 6.92 Å². The molecule has 1 aromatic heterocycles. The van der Waals surface area contributed by atoms with E-state index in [0.29, 0.717) is 11.3 Å². The van der Waals surface area contributed by atoms with E-state index in [-0.39, 0.29) is 16.7 Å². The van der Waals surface area contributed by atoms with Crippen molar-refractivity contribution in [2.24, 2.45) is 11.7 Å². The minimum Gasteiger partial charge on any atom is -0.369 e. The number of nitro groups is 1. The van der Waals surface area contributed by atoms with Gasteiger partial charge in [0.05, 0.1) is 10.3 Å². The molecule has 2 N–H and O–H groups in total. The number of piperidine rings is 1. The number of hydrogen-bond donors (Lipinski definition) is 1. The number of aromatic nitrogens is 1. The number of non-ortho nitro benzene ring substituents is 1. The van der Waals surface area contributed by atoms with E-state index in [0.717, 1.165) is 30.6 Å². The Morgan fingerprint density at radius 3 is 2.86 bits per heavy atom. The largest absolute Gasteiger partial charge is 0.369 e. The van der Waals surface area contributed by atoms with Crippen LogP contribution in [0.15, 0.2) is 30.6 Å². The summed E-state index contributed by atoms with van der Waals surface area (Å²) in [6.07, 6.45) is 4.25. The van der Waals surface area contributed by atoms with E-state index in [1.165, 1.54) is 0 Å². The third-order valence-electron chi connectivity index (χ3n) is 4.00. The van der Waals surface area contributed by atoms with Crippen molar-refractivity contribution in [3.8, 4) is 0 Å². The number of hydrogen-bond acceptors (Lipinski definition) is 5. The van der Waals surface area contributed by atoms with Crippen LogP contribution in [0.5, 0.6) is 0 Å². The highest BCUT2D eigenvalue weighted by atomic mass is 16.6. The first-order valence-electron chi connectivity index (χ1n) is 7.08. The third-order valence-corrected chi connectivity index (χ3v) is 4.00. The van der Waals surface area contributed by atoms with Crippen LogP contribution in [0.4, 0.5) is 11.4 Å². The molecule has 0 bridgehead atoms. The van der Waals surface area contributed by atoms with Gasteiger partial charge in [-0.15, -0.1) is 0 Å². The fourth-order valence-electron chi connectivity index (χ4n) is 3.19. The van der Waals surface area contributed by atoms with E-state index in [1.54, 1.807) is 18.5 Å². The molecule has 0 amide bonds. The van der Waals surface area contributed by atoms with Crippen molar-refractivity contribution in [1.82, 2.24) is 4.98 Å². The first kappa shape index (κ1) is 13.8. The second-order valence-electron chi connectivity index (χ2n) is 5.79. The minimum atomic E-state index is -0.363. The Morgan fingerprint density at radius 2 is 2.14 bits per heavy atom. The van der Waals surface area contributed by atoms with E-state index in [4.69, 9.17) is 5.73 Å². The number of anilines is 1. The molecule has 0 saturated carbocycles. The van der Waals surface area contributed by atoms with Crippen LogP contribution in [0, 0.1) is 16.0 Å². The van der Waals surface area contributed by atoms with E-state index in [9.17, 15) is 10.1 Å². The van der Waals surface area contributed by atoms with Gasteiger partial charge in [-0.25, -0.2) is 0 Å². The maximum atomic E-state index is 11.2. The normalized spacial score (nSPS) is 22.5. The molecule has 110 valence electrons. The van der Waals surface area contributed by atoms with Gasteiger partial charge in [0.25, 0.3) is 5.69 Å². The summed E-state index contributed by atoms with van der Waals surface area (Å²) < 4.78 is 0. The van der Waals surface area contributed by atoms with Crippen LogP contribution in [-0.4, -0.2) is 29.0 Å². The summed E-state index contributed by atoms with van der Waals surface area (Å²) in [4.78, 5) is 17.0. The van der Waals surface area contributed by atoms with E-state index >= 15 is 0 Å². The van der Waals surface area contributed by atoms with Crippen LogP contribution in [0.3, 0.4) is 0 Å². The standard InChI is InChI=1S/C15H18N4O2/c1-10-6-11(16)9-18(8-10)14-2-3-15(19(20)21)13-7-17-5-4-12(13)14/h2-5,7,10-11H,6,8-9,16H2,1H3. The van der Waals surface area contributed by atoms with Gasteiger partial charge in [0, 0.05) is 48.7 Å². The number of nitrogens with two attached hydrogens (primary N) is 1. The molecule has 1 aromatic carbocycles. The van der Waals surface area contributed by atoms with Gasteiger partial charge in [-0.2, -0.15) is 0 Å².